The molecule has 0 bridgehead atoms. The van der Waals surface area contributed by atoms with Crippen molar-refractivity contribution >= 4 is 23.7 Å². The van der Waals surface area contributed by atoms with Crippen LogP contribution in [0.25, 0.3) is 11.3 Å². The number of ether oxygens (including phenoxy) is 1. The lowest BCUT2D eigenvalue weighted by molar-refractivity contribution is -0.130. The summed E-state index contributed by atoms with van der Waals surface area (Å²) in [6, 6.07) is 6.37. The summed E-state index contributed by atoms with van der Waals surface area (Å²) in [4.78, 5) is 45.0. The molecule has 1 aromatic carbocycles. The average molecular weight is 413 g/mol. The van der Waals surface area contributed by atoms with Gasteiger partial charge in [-0.3, -0.25) is 14.5 Å². The van der Waals surface area contributed by atoms with Crippen molar-refractivity contribution in [2.24, 2.45) is 0 Å². The predicted molar refractivity (Wildman–Crippen MR) is 107 cm³/mol. The Hall–Kier alpha value is -3.32. The number of carbonyl (C=O) groups excluding carboxylic acids is 2. The molecule has 9 nitrogen and oxygen atoms in total. The largest absolute Gasteiger partial charge is 0.496 e. The highest BCUT2D eigenvalue weighted by Crippen LogP contribution is 2.30. The van der Waals surface area contributed by atoms with Gasteiger partial charge in [0, 0.05) is 11.1 Å². The van der Waals surface area contributed by atoms with Crippen molar-refractivity contribution in [3.05, 3.63) is 39.7 Å². The summed E-state index contributed by atoms with van der Waals surface area (Å²) in [7, 11) is 1.48. The topological polar surface area (TPSA) is 128 Å². The van der Waals surface area contributed by atoms with Crippen LogP contribution in [0.4, 0.5) is 4.79 Å². The number of amides is 3. The second kappa shape index (κ2) is 7.60. The third-order valence-electron chi connectivity index (χ3n) is 4.53. The minimum absolute atomic E-state index is 0.0222. The van der Waals surface area contributed by atoms with Crippen LogP contribution >= 0.6 is 11.8 Å². The summed E-state index contributed by atoms with van der Waals surface area (Å²) in [5.41, 5.74) is -0.364. The quantitative estimate of drug-likeness (QED) is 0.435. The second-order valence-corrected chi connectivity index (χ2v) is 7.68. The Balaban J connectivity index is 2.09. The molecule has 2 aromatic rings. The van der Waals surface area contributed by atoms with Crippen molar-refractivity contribution in [1.82, 2.24) is 20.2 Å². The molecule has 0 spiro atoms. The fourth-order valence-corrected chi connectivity index (χ4v) is 3.42. The zero-order valence-corrected chi connectivity index (χ0v) is 17.1. The molecular formula is C19H19N5O4S. The molecule has 0 unspecified atom stereocenters. The van der Waals surface area contributed by atoms with Crippen molar-refractivity contribution in [3.8, 4) is 23.1 Å². The zero-order valence-electron chi connectivity index (χ0n) is 16.3. The molecule has 0 atom stereocenters. The fourth-order valence-electron chi connectivity index (χ4n) is 3.04. The third kappa shape index (κ3) is 3.69. The monoisotopic (exact) mass is 413 g/mol. The van der Waals surface area contributed by atoms with Crippen LogP contribution in [0.5, 0.6) is 5.75 Å². The van der Waals surface area contributed by atoms with Crippen LogP contribution in [0, 0.1) is 11.3 Å². The van der Waals surface area contributed by atoms with Crippen LogP contribution in [0.1, 0.15) is 25.0 Å². The Morgan fingerprint density at radius 1 is 1.31 bits per heavy atom. The average Bonchev–Trinajstić information content (AvgIpc) is 2.88. The fraction of sp³-hybridized carbons (Fsp3) is 0.316. The van der Waals surface area contributed by atoms with Gasteiger partial charge in [0.1, 0.15) is 22.9 Å². The van der Waals surface area contributed by atoms with Gasteiger partial charge < -0.3 is 15.0 Å². The predicted octanol–water partition coefficient (Wildman–Crippen LogP) is 1.87. The molecule has 1 aliphatic heterocycles. The number of nitrogens with zero attached hydrogens (tertiary/aromatic N) is 3. The molecule has 2 N–H and O–H groups in total. The van der Waals surface area contributed by atoms with Crippen LogP contribution in [-0.4, -0.2) is 45.7 Å². The van der Waals surface area contributed by atoms with E-state index in [9.17, 15) is 19.6 Å². The Bertz CT molecular complexity index is 1100. The van der Waals surface area contributed by atoms with Gasteiger partial charge >= 0.3 is 6.03 Å². The molecule has 1 fully saturated rings. The number of H-pyrrole nitrogens is 1. The number of nitrogens with one attached hydrogen (secondary N) is 2. The zero-order chi connectivity index (χ0) is 21.3. The summed E-state index contributed by atoms with van der Waals surface area (Å²) >= 11 is 1.24. The first-order chi connectivity index (χ1) is 13.7. The normalized spacial score (nSPS) is 15.2. The first-order valence-corrected chi connectivity index (χ1v) is 9.84. The maximum atomic E-state index is 12.5. The van der Waals surface area contributed by atoms with E-state index in [0.29, 0.717) is 22.0 Å². The summed E-state index contributed by atoms with van der Waals surface area (Å²) in [6.45, 7) is 3.24. The lowest BCUT2D eigenvalue weighted by Crippen LogP contribution is -2.40. The molecule has 1 saturated heterocycles. The highest BCUT2D eigenvalue weighted by atomic mass is 32.2. The molecule has 3 rings (SSSR count). The number of methoxy groups -OCH3 is 1. The number of carbonyl (C=O) groups is 2. The number of thioether (sulfide) groups is 1. The summed E-state index contributed by atoms with van der Waals surface area (Å²) in [5.74, 6) is 0.110. The minimum atomic E-state index is -0.989. The number of benzene rings is 1. The molecule has 150 valence electrons. The molecular weight excluding hydrogens is 394 g/mol. The molecule has 2 heterocycles. The number of nitriles is 1. The Labute approximate surface area is 171 Å². The molecule has 0 aliphatic carbocycles. The van der Waals surface area contributed by atoms with Crippen LogP contribution in [0.15, 0.2) is 28.2 Å². The molecule has 1 aliphatic rings. The molecule has 0 radical (unpaired) electrons. The number of hydrogen-bond acceptors (Lipinski definition) is 7. The molecule has 0 saturated carbocycles. The van der Waals surface area contributed by atoms with Gasteiger partial charge in [0.2, 0.25) is 0 Å². The van der Waals surface area contributed by atoms with E-state index in [-0.39, 0.29) is 23.7 Å². The van der Waals surface area contributed by atoms with E-state index in [1.165, 1.54) is 18.9 Å². The Kier molecular flexibility index (Phi) is 5.35. The number of hydrogen-bond donors (Lipinski definition) is 2. The van der Waals surface area contributed by atoms with Gasteiger partial charge in [0.15, 0.2) is 5.16 Å². The van der Waals surface area contributed by atoms with E-state index in [0.717, 1.165) is 4.90 Å². The van der Waals surface area contributed by atoms with E-state index >= 15 is 0 Å². The second-order valence-electron chi connectivity index (χ2n) is 6.88. The minimum Gasteiger partial charge on any atom is -0.496 e. The van der Waals surface area contributed by atoms with Crippen molar-refractivity contribution in [1.29, 1.82) is 5.26 Å². The van der Waals surface area contributed by atoms with Gasteiger partial charge in [-0.15, -0.1) is 0 Å². The maximum Gasteiger partial charge on any atom is 0.325 e. The number of aromatic nitrogens is 2. The molecule has 1 aromatic heterocycles. The number of rotatable bonds is 5. The van der Waals surface area contributed by atoms with E-state index in [4.69, 9.17) is 4.74 Å². The lowest BCUT2D eigenvalue weighted by Gasteiger charge is -2.18. The Morgan fingerprint density at radius 2 is 2.03 bits per heavy atom. The highest BCUT2D eigenvalue weighted by molar-refractivity contribution is 7.98. The SMILES string of the molecule is COc1ccc(-c2nc(SC)[nH]c(=O)c2C#N)cc1CN1C(=O)NC(C)(C)C1=O. The smallest absolute Gasteiger partial charge is 0.325 e. The maximum absolute atomic E-state index is 12.5. The number of aromatic amines is 1. The molecule has 29 heavy (non-hydrogen) atoms. The van der Waals surface area contributed by atoms with Crippen LogP contribution in [0.3, 0.4) is 0 Å². The number of imide groups is 1. The van der Waals surface area contributed by atoms with Gasteiger partial charge in [-0.25, -0.2) is 9.78 Å². The Morgan fingerprint density at radius 3 is 2.59 bits per heavy atom. The van der Waals surface area contributed by atoms with E-state index in [2.05, 4.69) is 15.3 Å². The van der Waals surface area contributed by atoms with Crippen molar-refractivity contribution in [3.63, 3.8) is 0 Å². The van der Waals surface area contributed by atoms with E-state index < -0.39 is 17.1 Å². The summed E-state index contributed by atoms with van der Waals surface area (Å²) in [5, 5.41) is 12.4. The summed E-state index contributed by atoms with van der Waals surface area (Å²) < 4.78 is 5.37. The van der Waals surface area contributed by atoms with Crippen molar-refractivity contribution in [2.75, 3.05) is 13.4 Å². The highest BCUT2D eigenvalue weighted by Gasteiger charge is 2.44. The van der Waals surface area contributed by atoms with E-state index in [1.807, 2.05) is 6.07 Å². The van der Waals surface area contributed by atoms with E-state index in [1.54, 1.807) is 38.3 Å². The first kappa shape index (κ1) is 20.4. The van der Waals surface area contributed by atoms with Crippen LogP contribution in [0.2, 0.25) is 0 Å². The lowest BCUT2D eigenvalue weighted by atomic mass is 10.0. The number of urea groups is 1. The van der Waals surface area contributed by atoms with Gasteiger partial charge in [-0.1, -0.05) is 11.8 Å². The summed E-state index contributed by atoms with van der Waals surface area (Å²) in [6.07, 6.45) is 1.76. The van der Waals surface area contributed by atoms with Crippen LogP contribution < -0.4 is 15.6 Å². The van der Waals surface area contributed by atoms with Crippen molar-refractivity contribution in [2.45, 2.75) is 31.1 Å². The first-order valence-electron chi connectivity index (χ1n) is 8.61. The van der Waals surface area contributed by atoms with Gasteiger partial charge in [-0.05, 0) is 38.3 Å². The molecule has 10 heteroatoms. The van der Waals surface area contributed by atoms with Gasteiger partial charge in [0.25, 0.3) is 11.5 Å². The van der Waals surface area contributed by atoms with Gasteiger partial charge in [-0.2, -0.15) is 5.26 Å². The molecule has 3 amide bonds. The third-order valence-corrected chi connectivity index (χ3v) is 5.11. The van der Waals surface area contributed by atoms with Crippen molar-refractivity contribution < 1.29 is 14.3 Å². The van der Waals surface area contributed by atoms with Gasteiger partial charge in [0.05, 0.1) is 19.3 Å². The standard InChI is InChI=1S/C19H19N5O4S/c1-19(2)16(26)24(18(27)23-19)9-11-7-10(5-6-13(11)28-3)14-12(8-20)15(25)22-17(21-14)29-4/h5-7H,9H2,1-4H3,(H,23,27)(H,21,22,25). The van der Waals surface area contributed by atoms with Crippen LogP contribution in [-0.2, 0) is 11.3 Å².